The van der Waals surface area contributed by atoms with E-state index >= 15 is 0 Å². The number of hydrogen-bond donors (Lipinski definition) is 2. The summed E-state index contributed by atoms with van der Waals surface area (Å²) in [6, 6.07) is 14.2. The van der Waals surface area contributed by atoms with Gasteiger partial charge in [0.05, 0.1) is 4.90 Å². The van der Waals surface area contributed by atoms with Gasteiger partial charge in [-0.15, -0.1) is 0 Å². The number of aryl methyl sites for hydroxylation is 2. The highest BCUT2D eigenvalue weighted by Gasteiger charge is 2.18. The second kappa shape index (κ2) is 9.62. The lowest BCUT2D eigenvalue weighted by atomic mass is 10.1. The second-order valence-electron chi connectivity index (χ2n) is 7.49. The third-order valence-electron chi connectivity index (χ3n) is 5.18. The van der Waals surface area contributed by atoms with Crippen molar-refractivity contribution >= 4 is 33.5 Å². The molecule has 0 atom stereocenters. The van der Waals surface area contributed by atoms with Crippen LogP contribution in [0.1, 0.15) is 27.2 Å². The molecule has 2 aromatic carbocycles. The fourth-order valence-corrected chi connectivity index (χ4v) is 4.46. The first kappa shape index (κ1) is 23.4. The maximum Gasteiger partial charge on any atom is 0.279 e. The summed E-state index contributed by atoms with van der Waals surface area (Å²) in [5.41, 5.74) is 1.85. The Bertz CT molecular complexity index is 1480. The van der Waals surface area contributed by atoms with E-state index in [-0.39, 0.29) is 10.8 Å². The van der Waals surface area contributed by atoms with E-state index in [1.165, 1.54) is 24.5 Å². The van der Waals surface area contributed by atoms with Crippen molar-refractivity contribution in [2.75, 3.05) is 4.72 Å². The van der Waals surface area contributed by atoms with E-state index in [2.05, 4.69) is 19.8 Å². The van der Waals surface area contributed by atoms with E-state index in [1.807, 2.05) is 0 Å². The molecule has 4 aromatic rings. The van der Waals surface area contributed by atoms with Crippen LogP contribution in [-0.2, 0) is 22.9 Å². The molecule has 0 spiro atoms. The number of carbonyl (C=O) groups excluding carboxylic acids is 1. The lowest BCUT2D eigenvalue weighted by molar-refractivity contribution is 0.0941. The van der Waals surface area contributed by atoms with Crippen molar-refractivity contribution in [2.45, 2.75) is 24.7 Å². The molecule has 174 valence electrons. The lowest BCUT2D eigenvalue weighted by Gasteiger charge is -2.07. The first-order valence-corrected chi connectivity index (χ1v) is 12.1. The van der Waals surface area contributed by atoms with Gasteiger partial charge in [0.15, 0.2) is 0 Å². The van der Waals surface area contributed by atoms with Crippen molar-refractivity contribution in [1.82, 2.24) is 19.7 Å². The molecule has 2 heterocycles. The van der Waals surface area contributed by atoms with Gasteiger partial charge in [-0.1, -0.05) is 23.7 Å². The first-order chi connectivity index (χ1) is 16.2. The van der Waals surface area contributed by atoms with Crippen molar-refractivity contribution in [3.63, 3.8) is 0 Å². The van der Waals surface area contributed by atoms with Crippen LogP contribution in [0.15, 0.2) is 76.7 Å². The Labute approximate surface area is 200 Å². The van der Waals surface area contributed by atoms with Gasteiger partial charge in [0.25, 0.3) is 21.5 Å². The van der Waals surface area contributed by atoms with Crippen molar-refractivity contribution < 1.29 is 13.2 Å². The number of anilines is 1. The summed E-state index contributed by atoms with van der Waals surface area (Å²) in [5.74, 6) is -0.487. The van der Waals surface area contributed by atoms with Crippen LogP contribution in [0.4, 0.5) is 5.95 Å². The van der Waals surface area contributed by atoms with Crippen LogP contribution in [-0.4, -0.2) is 34.1 Å². The summed E-state index contributed by atoms with van der Waals surface area (Å²) >= 11 is 5.86. The third-order valence-corrected chi connectivity index (χ3v) is 6.77. The summed E-state index contributed by atoms with van der Waals surface area (Å²) in [7, 11) is -3.83. The predicted molar refractivity (Wildman–Crippen MR) is 128 cm³/mol. The van der Waals surface area contributed by atoms with Gasteiger partial charge in [0.2, 0.25) is 5.95 Å². The minimum Gasteiger partial charge on any atom is -0.292 e. The summed E-state index contributed by atoms with van der Waals surface area (Å²) in [6.45, 7) is 1.73. The molecule has 0 bridgehead atoms. The number of carbonyl (C=O) groups is 1. The van der Waals surface area contributed by atoms with E-state index in [0.29, 0.717) is 34.7 Å². The van der Waals surface area contributed by atoms with Gasteiger partial charge >= 0.3 is 0 Å². The average molecular weight is 498 g/mol. The van der Waals surface area contributed by atoms with Crippen LogP contribution in [0.3, 0.4) is 0 Å². The largest absolute Gasteiger partial charge is 0.292 e. The van der Waals surface area contributed by atoms with Gasteiger partial charge in [-0.3, -0.25) is 14.7 Å². The quantitative estimate of drug-likeness (QED) is 0.403. The Morgan fingerprint density at radius 3 is 2.32 bits per heavy atom. The number of H-pyrrole nitrogens is 1. The smallest absolute Gasteiger partial charge is 0.279 e. The summed E-state index contributed by atoms with van der Waals surface area (Å²) < 4.78 is 28.3. The molecule has 34 heavy (non-hydrogen) atoms. The molecule has 2 N–H and O–H groups in total. The van der Waals surface area contributed by atoms with E-state index in [0.717, 1.165) is 10.2 Å². The molecule has 11 heteroatoms. The van der Waals surface area contributed by atoms with Crippen LogP contribution >= 0.6 is 11.6 Å². The molecule has 9 nitrogen and oxygen atoms in total. The van der Waals surface area contributed by atoms with Crippen molar-refractivity contribution in [1.29, 1.82) is 0 Å². The Hall–Kier alpha value is -3.76. The number of nitrogens with zero attached hydrogens (tertiary/aromatic N) is 3. The maximum atomic E-state index is 12.8. The molecule has 2 aromatic heterocycles. The zero-order valence-corrected chi connectivity index (χ0v) is 19.6. The van der Waals surface area contributed by atoms with E-state index in [9.17, 15) is 18.0 Å². The molecule has 0 radical (unpaired) electrons. The zero-order chi connectivity index (χ0) is 24.3. The van der Waals surface area contributed by atoms with E-state index in [4.69, 9.17) is 11.6 Å². The van der Waals surface area contributed by atoms with Gasteiger partial charge in [-0.2, -0.15) is 4.68 Å². The van der Waals surface area contributed by atoms with Crippen molar-refractivity contribution in [3.05, 3.63) is 105 Å². The highest BCUT2D eigenvalue weighted by atomic mass is 35.5. The minimum atomic E-state index is -3.83. The summed E-state index contributed by atoms with van der Waals surface area (Å²) in [5, 5.41) is 3.33. The number of nitrogens with one attached hydrogen (secondary N) is 2. The molecule has 0 aliphatic carbocycles. The van der Waals surface area contributed by atoms with Gasteiger partial charge < -0.3 is 0 Å². The normalized spacial score (nSPS) is 11.4. The molecule has 0 saturated heterocycles. The predicted octanol–water partition coefficient (Wildman–Crippen LogP) is 3.20. The number of aromatic nitrogens is 4. The topological polar surface area (TPSA) is 127 Å². The number of rotatable bonds is 7. The van der Waals surface area contributed by atoms with Crippen LogP contribution in [0.5, 0.6) is 0 Å². The van der Waals surface area contributed by atoms with Crippen LogP contribution in [0, 0.1) is 6.92 Å². The average Bonchev–Trinajstić information content (AvgIpc) is 3.11. The molecule has 0 unspecified atom stereocenters. The Morgan fingerprint density at radius 2 is 1.68 bits per heavy atom. The summed E-state index contributed by atoms with van der Waals surface area (Å²) in [4.78, 5) is 33.3. The zero-order valence-electron chi connectivity index (χ0n) is 18.0. The highest BCUT2D eigenvalue weighted by molar-refractivity contribution is 7.92. The monoisotopic (exact) mass is 497 g/mol. The molecule has 0 aliphatic rings. The van der Waals surface area contributed by atoms with Crippen LogP contribution in [0.25, 0.3) is 0 Å². The number of aromatic amines is 1. The first-order valence-electron chi connectivity index (χ1n) is 10.2. The van der Waals surface area contributed by atoms with Crippen LogP contribution < -0.4 is 10.3 Å². The van der Waals surface area contributed by atoms with Gasteiger partial charge in [0.1, 0.15) is 0 Å². The Balaban J connectivity index is 1.46. The minimum absolute atomic E-state index is 0.0149. The standard InChI is InChI=1S/C23H20ClN5O4S/c1-15-20(22(31)29(27-15)21(30)17-6-8-18(24)9-7-17)12-5-16-3-10-19(11-4-16)34(32,33)28-23-25-13-2-14-26-23/h2-4,6-11,13-14,27H,5,12H2,1H3,(H,25,26,28). The number of hydrogen-bond acceptors (Lipinski definition) is 6. The molecular weight excluding hydrogens is 478 g/mol. The molecular formula is C23H20ClN5O4S. The molecule has 0 amide bonds. The molecule has 4 rings (SSSR count). The van der Waals surface area contributed by atoms with Gasteiger partial charge in [0, 0.05) is 34.2 Å². The molecule has 0 aliphatic heterocycles. The van der Waals surface area contributed by atoms with Crippen molar-refractivity contribution in [2.24, 2.45) is 0 Å². The van der Waals surface area contributed by atoms with E-state index in [1.54, 1.807) is 49.4 Å². The van der Waals surface area contributed by atoms with Crippen LogP contribution in [0.2, 0.25) is 5.02 Å². The number of sulfonamides is 1. The fourth-order valence-electron chi connectivity index (χ4n) is 3.38. The maximum absolute atomic E-state index is 12.8. The summed E-state index contributed by atoms with van der Waals surface area (Å²) in [6.07, 6.45) is 3.74. The SMILES string of the molecule is Cc1[nH]n(C(=O)c2ccc(Cl)cc2)c(=O)c1CCc1ccc(S(=O)(=O)Nc2ncccn2)cc1. The lowest BCUT2D eigenvalue weighted by Crippen LogP contribution is -2.26. The Morgan fingerprint density at radius 1 is 1.03 bits per heavy atom. The number of halogens is 1. The third kappa shape index (κ3) is 5.08. The van der Waals surface area contributed by atoms with E-state index < -0.39 is 21.5 Å². The molecule has 0 saturated carbocycles. The van der Waals surface area contributed by atoms with Gasteiger partial charge in [-0.05, 0) is 67.8 Å². The van der Waals surface area contributed by atoms with Crippen molar-refractivity contribution in [3.8, 4) is 0 Å². The van der Waals surface area contributed by atoms with Gasteiger partial charge in [-0.25, -0.2) is 23.1 Å². The number of benzene rings is 2. The Kier molecular flexibility index (Phi) is 6.62. The second-order valence-corrected chi connectivity index (χ2v) is 9.61. The molecule has 0 fully saturated rings. The fraction of sp³-hybridized carbons (Fsp3) is 0.130. The highest BCUT2D eigenvalue weighted by Crippen LogP contribution is 2.16.